The highest BCUT2D eigenvalue weighted by Gasteiger charge is 2.37. The first-order valence-corrected chi connectivity index (χ1v) is 11.5. The van der Waals surface area contributed by atoms with Crippen LogP contribution in [0.2, 0.25) is 5.02 Å². The molecule has 0 atom stereocenters. The van der Waals surface area contributed by atoms with Crippen molar-refractivity contribution in [2.24, 2.45) is 0 Å². The third kappa shape index (κ3) is 4.62. The maximum atomic E-state index is 13.6. The molecule has 0 saturated heterocycles. The average Bonchev–Trinajstić information content (AvgIpc) is 3.25. The second-order valence-electron chi connectivity index (χ2n) is 8.39. The molecule has 0 bridgehead atoms. The van der Waals surface area contributed by atoms with E-state index in [1.165, 1.54) is 7.11 Å². The van der Waals surface area contributed by atoms with E-state index in [4.69, 9.17) is 21.1 Å². The fourth-order valence-corrected chi connectivity index (χ4v) is 4.62. The van der Waals surface area contributed by atoms with Crippen molar-refractivity contribution in [3.05, 3.63) is 99.0 Å². The van der Waals surface area contributed by atoms with Crippen LogP contribution < -0.4 is 4.74 Å². The number of methoxy groups -OCH3 is 2. The largest absolute Gasteiger partial charge is 0.497 e. The van der Waals surface area contributed by atoms with Gasteiger partial charge < -0.3 is 18.9 Å². The van der Waals surface area contributed by atoms with Crippen LogP contribution >= 0.6 is 11.6 Å². The van der Waals surface area contributed by atoms with Crippen molar-refractivity contribution >= 4 is 29.6 Å². The van der Waals surface area contributed by atoms with Crippen molar-refractivity contribution in [3.63, 3.8) is 0 Å². The number of hydrogen-bond acceptors (Lipinski definition) is 4. The number of ether oxygens (including phenoxy) is 2. The minimum atomic E-state index is -0.539. The average molecular weight is 491 g/mol. The Labute approximate surface area is 210 Å². The zero-order valence-electron chi connectivity index (χ0n) is 20.4. The first-order chi connectivity index (χ1) is 16.7. The van der Waals surface area contributed by atoms with Gasteiger partial charge in [0.05, 0.1) is 31.9 Å². The molecule has 35 heavy (non-hydrogen) atoms. The van der Waals surface area contributed by atoms with Gasteiger partial charge in [-0.3, -0.25) is 4.79 Å². The van der Waals surface area contributed by atoms with E-state index in [1.807, 2.05) is 68.4 Å². The lowest BCUT2D eigenvalue weighted by atomic mass is 10.0. The number of hydrogen-bond donors (Lipinski definition) is 0. The first-order valence-electron chi connectivity index (χ1n) is 11.2. The molecule has 0 radical (unpaired) electrons. The quantitative estimate of drug-likeness (QED) is 0.332. The monoisotopic (exact) mass is 490 g/mol. The van der Waals surface area contributed by atoms with Crippen LogP contribution in [0, 0.1) is 13.8 Å². The molecule has 1 aliphatic heterocycles. The number of halogens is 1. The number of aryl methyl sites for hydroxylation is 1. The Morgan fingerprint density at radius 3 is 2.37 bits per heavy atom. The Morgan fingerprint density at radius 1 is 1.03 bits per heavy atom. The highest BCUT2D eigenvalue weighted by atomic mass is 35.5. The van der Waals surface area contributed by atoms with Crippen molar-refractivity contribution in [1.82, 2.24) is 9.47 Å². The van der Waals surface area contributed by atoms with E-state index in [2.05, 4.69) is 4.57 Å². The standard InChI is InChI=1S/C28H27ClN2O4/c1-17-13-21(18(2)31(17)23-8-6-7-22(29)15-23)14-25-26(28(33)35-5)19(3)30(27(25)32)16-20-9-11-24(34-4)12-10-20/h6-15H,16H2,1-5H3/b25-14-. The van der Waals surface area contributed by atoms with Crippen molar-refractivity contribution in [2.75, 3.05) is 14.2 Å². The first kappa shape index (κ1) is 24.4. The lowest BCUT2D eigenvalue weighted by Crippen LogP contribution is -2.24. The summed E-state index contributed by atoms with van der Waals surface area (Å²) < 4.78 is 12.3. The molecule has 1 amide bonds. The number of carbonyl (C=O) groups excluding carboxylic acids is 2. The van der Waals surface area contributed by atoms with E-state index in [9.17, 15) is 9.59 Å². The van der Waals surface area contributed by atoms with Gasteiger partial charge in [0.15, 0.2) is 0 Å². The van der Waals surface area contributed by atoms with Crippen LogP contribution in [0.1, 0.15) is 29.4 Å². The predicted octanol–water partition coefficient (Wildman–Crippen LogP) is 5.63. The molecule has 2 heterocycles. The Kier molecular flexibility index (Phi) is 6.85. The number of amides is 1. The number of benzene rings is 2. The third-order valence-electron chi connectivity index (χ3n) is 6.24. The highest BCUT2D eigenvalue weighted by Crippen LogP contribution is 2.34. The summed E-state index contributed by atoms with van der Waals surface area (Å²) in [6.45, 7) is 6.06. The van der Waals surface area contributed by atoms with Crippen LogP contribution in [0.4, 0.5) is 0 Å². The molecular weight excluding hydrogens is 464 g/mol. The zero-order chi connectivity index (χ0) is 25.3. The molecule has 1 aromatic heterocycles. The van der Waals surface area contributed by atoms with Crippen molar-refractivity contribution in [2.45, 2.75) is 27.3 Å². The summed E-state index contributed by atoms with van der Waals surface area (Å²) in [6.07, 6.45) is 1.77. The second kappa shape index (κ2) is 9.84. The van der Waals surface area contributed by atoms with Gasteiger partial charge in [0, 0.05) is 27.8 Å². The van der Waals surface area contributed by atoms with Gasteiger partial charge in [-0.15, -0.1) is 0 Å². The lowest BCUT2D eigenvalue weighted by Gasteiger charge is -2.18. The van der Waals surface area contributed by atoms with Crippen LogP contribution in [0.15, 0.2) is 71.4 Å². The molecule has 180 valence electrons. The van der Waals surface area contributed by atoms with Gasteiger partial charge >= 0.3 is 5.97 Å². The van der Waals surface area contributed by atoms with Crippen molar-refractivity contribution < 1.29 is 19.1 Å². The smallest absolute Gasteiger partial charge is 0.340 e. The molecule has 0 unspecified atom stereocenters. The predicted molar refractivity (Wildman–Crippen MR) is 136 cm³/mol. The molecule has 4 rings (SSSR count). The molecule has 7 heteroatoms. The maximum Gasteiger partial charge on any atom is 0.340 e. The molecule has 0 saturated carbocycles. The second-order valence-corrected chi connectivity index (χ2v) is 8.83. The summed E-state index contributed by atoms with van der Waals surface area (Å²) >= 11 is 6.21. The molecular formula is C28H27ClN2O4. The topological polar surface area (TPSA) is 60.8 Å². The van der Waals surface area contributed by atoms with Crippen LogP contribution in [0.3, 0.4) is 0 Å². The number of carbonyl (C=O) groups is 2. The van der Waals surface area contributed by atoms with E-state index in [1.54, 1.807) is 25.0 Å². The zero-order valence-corrected chi connectivity index (χ0v) is 21.1. The summed E-state index contributed by atoms with van der Waals surface area (Å²) in [6, 6.07) is 17.1. The van der Waals surface area contributed by atoms with Crippen LogP contribution in [-0.4, -0.2) is 35.6 Å². The number of allylic oxidation sites excluding steroid dienone is 1. The van der Waals surface area contributed by atoms with Crippen molar-refractivity contribution in [3.8, 4) is 11.4 Å². The van der Waals surface area contributed by atoms with E-state index >= 15 is 0 Å². The Morgan fingerprint density at radius 2 is 1.74 bits per heavy atom. The SMILES string of the molecule is COC(=O)C1=C(C)N(Cc2ccc(OC)cc2)C(=O)/C1=C\c1cc(C)n(-c2cccc(Cl)c2)c1C. The van der Waals surface area contributed by atoms with Gasteiger partial charge in [-0.2, -0.15) is 0 Å². The van der Waals surface area contributed by atoms with Gasteiger partial charge in [0.1, 0.15) is 5.75 Å². The van der Waals surface area contributed by atoms with E-state index < -0.39 is 5.97 Å². The van der Waals surface area contributed by atoms with Gasteiger partial charge in [-0.1, -0.05) is 29.8 Å². The third-order valence-corrected chi connectivity index (χ3v) is 6.47. The van der Waals surface area contributed by atoms with E-state index in [-0.39, 0.29) is 11.5 Å². The van der Waals surface area contributed by atoms with Gasteiger partial charge in [0.25, 0.3) is 5.91 Å². The Bertz CT molecular complexity index is 1370. The van der Waals surface area contributed by atoms with E-state index in [0.717, 1.165) is 34.0 Å². The molecule has 6 nitrogen and oxygen atoms in total. The number of nitrogens with zero attached hydrogens (tertiary/aromatic N) is 2. The number of esters is 1. The minimum Gasteiger partial charge on any atom is -0.497 e. The normalized spacial score (nSPS) is 14.7. The molecule has 0 fully saturated rings. The lowest BCUT2D eigenvalue weighted by molar-refractivity contribution is -0.136. The highest BCUT2D eigenvalue weighted by molar-refractivity contribution is 6.30. The fraction of sp³-hybridized carbons (Fsp3) is 0.214. The summed E-state index contributed by atoms with van der Waals surface area (Å²) in [5, 5.41) is 0.640. The summed E-state index contributed by atoms with van der Waals surface area (Å²) in [7, 11) is 2.93. The Balaban J connectivity index is 1.75. The van der Waals surface area contributed by atoms with Crippen LogP contribution in [-0.2, 0) is 20.9 Å². The fourth-order valence-electron chi connectivity index (χ4n) is 4.43. The maximum absolute atomic E-state index is 13.6. The van der Waals surface area contributed by atoms with Crippen molar-refractivity contribution in [1.29, 1.82) is 0 Å². The molecule has 0 aliphatic carbocycles. The molecule has 3 aromatic rings. The van der Waals surface area contributed by atoms with Crippen LogP contribution in [0.25, 0.3) is 11.8 Å². The van der Waals surface area contributed by atoms with Gasteiger partial charge in [0.2, 0.25) is 0 Å². The molecule has 0 N–H and O–H groups in total. The van der Waals surface area contributed by atoms with Gasteiger partial charge in [-0.05, 0) is 74.4 Å². The molecule has 1 aliphatic rings. The molecule has 0 spiro atoms. The number of aromatic nitrogens is 1. The van der Waals surface area contributed by atoms with E-state index in [0.29, 0.717) is 22.8 Å². The van der Waals surface area contributed by atoms with Crippen LogP contribution in [0.5, 0.6) is 5.75 Å². The Hall–Kier alpha value is -3.77. The summed E-state index contributed by atoms with van der Waals surface area (Å²) in [5.74, 6) is -0.0473. The molecule has 2 aromatic carbocycles. The number of rotatable bonds is 6. The minimum absolute atomic E-state index is 0.244. The van der Waals surface area contributed by atoms with Gasteiger partial charge in [-0.25, -0.2) is 4.79 Å². The summed E-state index contributed by atoms with van der Waals surface area (Å²) in [5.41, 5.74) is 5.75. The summed E-state index contributed by atoms with van der Waals surface area (Å²) in [4.78, 5) is 27.9.